The van der Waals surface area contributed by atoms with Gasteiger partial charge in [0.1, 0.15) is 18.1 Å². The van der Waals surface area contributed by atoms with Gasteiger partial charge in [-0.2, -0.15) is 0 Å². The predicted octanol–water partition coefficient (Wildman–Crippen LogP) is 1.77. The second-order valence-electron chi connectivity index (χ2n) is 3.32. The number of aromatic nitrogens is 2. The SMILES string of the molecule is O=Cc1cn(CCOc2ccccc2)cn1. The van der Waals surface area contributed by atoms with E-state index in [-0.39, 0.29) is 0 Å². The molecule has 4 heteroatoms. The lowest BCUT2D eigenvalue weighted by molar-refractivity contribution is 0.111. The molecule has 2 rings (SSSR count). The fraction of sp³-hybridized carbons (Fsp3) is 0.167. The van der Waals surface area contributed by atoms with Crippen molar-refractivity contribution in [3.63, 3.8) is 0 Å². The summed E-state index contributed by atoms with van der Waals surface area (Å²) in [5, 5.41) is 0. The number of carbonyl (C=O) groups is 1. The van der Waals surface area contributed by atoms with Gasteiger partial charge < -0.3 is 9.30 Å². The van der Waals surface area contributed by atoms with Crippen LogP contribution in [-0.2, 0) is 6.54 Å². The van der Waals surface area contributed by atoms with Crippen LogP contribution in [0.25, 0.3) is 0 Å². The lowest BCUT2D eigenvalue weighted by atomic mass is 10.3. The summed E-state index contributed by atoms with van der Waals surface area (Å²) in [6.45, 7) is 1.23. The summed E-state index contributed by atoms with van der Waals surface area (Å²) in [6.07, 6.45) is 4.05. The van der Waals surface area contributed by atoms with Crippen molar-refractivity contribution >= 4 is 6.29 Å². The molecule has 0 amide bonds. The van der Waals surface area contributed by atoms with Gasteiger partial charge in [-0.15, -0.1) is 0 Å². The van der Waals surface area contributed by atoms with Gasteiger partial charge in [0.2, 0.25) is 0 Å². The molecule has 0 atom stereocenters. The van der Waals surface area contributed by atoms with Crippen LogP contribution in [0.3, 0.4) is 0 Å². The van der Waals surface area contributed by atoms with Gasteiger partial charge in [-0.3, -0.25) is 4.79 Å². The first-order valence-corrected chi connectivity index (χ1v) is 5.03. The standard InChI is InChI=1S/C12H12N2O2/c15-9-11-8-14(10-13-11)6-7-16-12-4-2-1-3-5-12/h1-5,8-10H,6-7H2. The maximum Gasteiger partial charge on any atom is 0.169 e. The van der Waals surface area contributed by atoms with E-state index in [4.69, 9.17) is 4.74 Å². The first kappa shape index (κ1) is 10.4. The Balaban J connectivity index is 1.82. The number of rotatable bonds is 5. The summed E-state index contributed by atoms with van der Waals surface area (Å²) in [6, 6.07) is 9.61. The zero-order valence-electron chi connectivity index (χ0n) is 8.74. The molecule has 0 spiro atoms. The highest BCUT2D eigenvalue weighted by Crippen LogP contribution is 2.08. The van der Waals surface area contributed by atoms with Gasteiger partial charge in [-0.1, -0.05) is 18.2 Å². The van der Waals surface area contributed by atoms with Crippen LogP contribution < -0.4 is 4.74 Å². The molecule has 0 saturated heterocycles. The molecule has 2 aromatic rings. The van der Waals surface area contributed by atoms with E-state index in [2.05, 4.69) is 4.98 Å². The van der Waals surface area contributed by atoms with Crippen LogP contribution in [0, 0.1) is 0 Å². The van der Waals surface area contributed by atoms with Crippen LogP contribution in [0.15, 0.2) is 42.9 Å². The third-order valence-electron chi connectivity index (χ3n) is 2.14. The Hall–Kier alpha value is -2.10. The van der Waals surface area contributed by atoms with Gasteiger partial charge in [0.25, 0.3) is 0 Å². The first-order chi connectivity index (χ1) is 7.88. The highest BCUT2D eigenvalue weighted by molar-refractivity contribution is 5.70. The van der Waals surface area contributed by atoms with Gasteiger partial charge >= 0.3 is 0 Å². The molecule has 16 heavy (non-hydrogen) atoms. The van der Waals surface area contributed by atoms with Gasteiger partial charge in [0.15, 0.2) is 6.29 Å². The topological polar surface area (TPSA) is 44.1 Å². The third kappa shape index (κ3) is 2.70. The maximum atomic E-state index is 10.4. The maximum absolute atomic E-state index is 10.4. The van der Waals surface area contributed by atoms with E-state index >= 15 is 0 Å². The summed E-state index contributed by atoms with van der Waals surface area (Å²) in [4.78, 5) is 14.3. The molecule has 4 nitrogen and oxygen atoms in total. The van der Waals surface area contributed by atoms with Gasteiger partial charge in [-0.25, -0.2) is 4.98 Å². The summed E-state index contributed by atoms with van der Waals surface area (Å²) in [5.41, 5.74) is 0.444. The number of hydrogen-bond acceptors (Lipinski definition) is 3. The largest absolute Gasteiger partial charge is 0.492 e. The number of benzene rings is 1. The van der Waals surface area contributed by atoms with E-state index in [1.54, 1.807) is 12.5 Å². The van der Waals surface area contributed by atoms with E-state index in [1.807, 2.05) is 34.9 Å². The minimum absolute atomic E-state index is 0.444. The molecular formula is C12H12N2O2. The second kappa shape index (κ2) is 5.11. The van der Waals surface area contributed by atoms with Crippen molar-refractivity contribution in [3.8, 4) is 5.75 Å². The third-order valence-corrected chi connectivity index (χ3v) is 2.14. The van der Waals surface area contributed by atoms with Crippen LogP contribution in [0.1, 0.15) is 10.5 Å². The molecule has 1 aromatic carbocycles. The average molecular weight is 216 g/mol. The fourth-order valence-electron chi connectivity index (χ4n) is 1.35. The minimum atomic E-state index is 0.444. The van der Waals surface area contributed by atoms with Crippen LogP contribution in [0.2, 0.25) is 0 Å². The summed E-state index contributed by atoms with van der Waals surface area (Å²) < 4.78 is 7.34. The van der Waals surface area contributed by atoms with Crippen LogP contribution >= 0.6 is 0 Å². The molecule has 0 aliphatic heterocycles. The molecule has 1 heterocycles. The lowest BCUT2D eigenvalue weighted by Gasteiger charge is -2.05. The molecule has 0 unspecified atom stereocenters. The number of hydrogen-bond donors (Lipinski definition) is 0. The molecule has 1 aromatic heterocycles. The van der Waals surface area contributed by atoms with E-state index in [0.717, 1.165) is 12.0 Å². The predicted molar refractivity (Wildman–Crippen MR) is 59.6 cm³/mol. The van der Waals surface area contributed by atoms with E-state index in [9.17, 15) is 4.79 Å². The monoisotopic (exact) mass is 216 g/mol. The number of imidazole rings is 1. The Morgan fingerprint density at radius 1 is 1.31 bits per heavy atom. The molecule has 0 N–H and O–H groups in total. The highest BCUT2D eigenvalue weighted by Gasteiger charge is 1.97. The highest BCUT2D eigenvalue weighted by atomic mass is 16.5. The number of nitrogens with zero attached hydrogens (tertiary/aromatic N) is 2. The Bertz CT molecular complexity index is 451. The molecular weight excluding hydrogens is 204 g/mol. The zero-order chi connectivity index (χ0) is 11.2. The number of aldehydes is 1. The second-order valence-corrected chi connectivity index (χ2v) is 3.32. The van der Waals surface area contributed by atoms with Gasteiger partial charge in [0, 0.05) is 6.20 Å². The first-order valence-electron chi connectivity index (χ1n) is 5.03. The molecule has 0 bridgehead atoms. The zero-order valence-corrected chi connectivity index (χ0v) is 8.74. The van der Waals surface area contributed by atoms with Gasteiger partial charge in [-0.05, 0) is 12.1 Å². The fourth-order valence-corrected chi connectivity index (χ4v) is 1.35. The van der Waals surface area contributed by atoms with Crippen molar-refractivity contribution in [1.82, 2.24) is 9.55 Å². The van der Waals surface area contributed by atoms with Crippen LogP contribution in [0.4, 0.5) is 0 Å². The van der Waals surface area contributed by atoms with Crippen molar-refractivity contribution in [2.45, 2.75) is 6.54 Å². The number of carbonyl (C=O) groups excluding carboxylic acids is 1. The molecule has 0 fully saturated rings. The van der Waals surface area contributed by atoms with E-state index in [1.165, 1.54) is 0 Å². The quantitative estimate of drug-likeness (QED) is 0.715. The van der Waals surface area contributed by atoms with Crippen LogP contribution in [-0.4, -0.2) is 22.4 Å². The molecule has 0 aliphatic carbocycles. The smallest absolute Gasteiger partial charge is 0.169 e. The molecule has 0 aliphatic rings. The Morgan fingerprint density at radius 3 is 2.81 bits per heavy atom. The Kier molecular flexibility index (Phi) is 3.33. The number of para-hydroxylation sites is 1. The molecule has 0 radical (unpaired) electrons. The Labute approximate surface area is 93.5 Å². The normalized spacial score (nSPS) is 10.0. The lowest BCUT2D eigenvalue weighted by Crippen LogP contribution is -2.06. The van der Waals surface area contributed by atoms with Crippen molar-refractivity contribution in [1.29, 1.82) is 0 Å². The number of ether oxygens (including phenoxy) is 1. The van der Waals surface area contributed by atoms with E-state index < -0.39 is 0 Å². The van der Waals surface area contributed by atoms with Crippen molar-refractivity contribution in [2.24, 2.45) is 0 Å². The van der Waals surface area contributed by atoms with Crippen molar-refractivity contribution < 1.29 is 9.53 Å². The van der Waals surface area contributed by atoms with Crippen LogP contribution in [0.5, 0.6) is 5.75 Å². The Morgan fingerprint density at radius 2 is 2.12 bits per heavy atom. The van der Waals surface area contributed by atoms with E-state index in [0.29, 0.717) is 18.8 Å². The summed E-state index contributed by atoms with van der Waals surface area (Å²) in [5.74, 6) is 0.846. The summed E-state index contributed by atoms with van der Waals surface area (Å²) in [7, 11) is 0. The van der Waals surface area contributed by atoms with Crippen molar-refractivity contribution in [2.75, 3.05) is 6.61 Å². The van der Waals surface area contributed by atoms with Gasteiger partial charge in [0.05, 0.1) is 12.9 Å². The van der Waals surface area contributed by atoms with Crippen molar-refractivity contribution in [3.05, 3.63) is 48.5 Å². The average Bonchev–Trinajstić information content (AvgIpc) is 2.78. The molecule has 82 valence electrons. The summed E-state index contributed by atoms with van der Waals surface area (Å²) >= 11 is 0. The minimum Gasteiger partial charge on any atom is -0.492 e. The molecule has 0 saturated carbocycles.